The zero-order valence-corrected chi connectivity index (χ0v) is 12.7. The molecule has 17 heavy (non-hydrogen) atoms. The Morgan fingerprint density at radius 3 is 1.59 bits per heavy atom. The minimum atomic E-state index is -0.379. The van der Waals surface area contributed by atoms with E-state index in [-0.39, 0.29) is 45.3 Å². The number of hydrogen-bond donors (Lipinski definition) is 0. The Morgan fingerprint density at radius 1 is 0.941 bits per heavy atom. The fourth-order valence-electron chi connectivity index (χ4n) is 3.18. The largest absolute Gasteiger partial charge is 0.469 e. The van der Waals surface area contributed by atoms with Crippen molar-refractivity contribution in [3.05, 3.63) is 0 Å². The summed E-state index contributed by atoms with van der Waals surface area (Å²) in [6.07, 6.45) is 0.853. The van der Waals surface area contributed by atoms with Gasteiger partial charge in [0.1, 0.15) is 0 Å². The molecule has 0 aromatic rings. The van der Waals surface area contributed by atoms with E-state index in [0.717, 1.165) is 6.42 Å². The summed E-state index contributed by atoms with van der Waals surface area (Å²) in [5, 5.41) is 0. The van der Waals surface area contributed by atoms with Crippen molar-refractivity contribution in [3.8, 4) is 0 Å². The van der Waals surface area contributed by atoms with Crippen LogP contribution in [0.25, 0.3) is 0 Å². The first-order chi connectivity index (χ1) is 8.02. The van der Waals surface area contributed by atoms with Crippen LogP contribution in [-0.4, -0.2) is 35.8 Å². The molecule has 0 saturated heterocycles. The summed E-state index contributed by atoms with van der Waals surface area (Å²) in [6, 6.07) is 0. The highest BCUT2D eigenvalue weighted by Gasteiger charge is 2.62. The summed E-state index contributed by atoms with van der Waals surface area (Å²) in [6.45, 7) is 0. The molecule has 0 heterocycles. The molecule has 6 atom stereocenters. The Labute approximate surface area is 117 Å². The molecule has 0 aliphatic heterocycles. The van der Waals surface area contributed by atoms with Crippen molar-refractivity contribution < 1.29 is 19.1 Å². The van der Waals surface area contributed by atoms with Crippen LogP contribution in [-0.2, 0) is 19.1 Å². The quantitative estimate of drug-likeness (QED) is 0.549. The van der Waals surface area contributed by atoms with Crippen LogP contribution in [0.15, 0.2) is 0 Å². The molecule has 0 N–H and O–H groups in total. The molecule has 0 unspecified atom stereocenters. The summed E-state index contributed by atoms with van der Waals surface area (Å²) in [7, 11) is 2.72. The number of methoxy groups -OCH3 is 2. The van der Waals surface area contributed by atoms with E-state index in [9.17, 15) is 9.59 Å². The fourth-order valence-corrected chi connectivity index (χ4v) is 5.06. The normalized spacial score (nSPS) is 43.5. The van der Waals surface area contributed by atoms with Crippen molar-refractivity contribution in [2.75, 3.05) is 14.2 Å². The number of alkyl halides is 2. The average Bonchev–Trinajstić information content (AvgIpc) is 2.85. The van der Waals surface area contributed by atoms with Crippen LogP contribution in [0, 0.1) is 23.7 Å². The number of esters is 2. The number of halogens is 2. The van der Waals surface area contributed by atoms with Gasteiger partial charge in [-0.05, 0) is 18.3 Å². The van der Waals surface area contributed by atoms with E-state index in [0.29, 0.717) is 0 Å². The second-order valence-corrected chi connectivity index (χ2v) is 6.66. The van der Waals surface area contributed by atoms with E-state index < -0.39 is 0 Å². The predicted octanol–water partition coefficient (Wildman–Crippen LogP) is 1.74. The first kappa shape index (κ1) is 13.3. The third-order valence-corrected chi connectivity index (χ3v) is 7.13. The number of rotatable bonds is 2. The van der Waals surface area contributed by atoms with Gasteiger partial charge in [0.05, 0.1) is 26.1 Å². The minimum absolute atomic E-state index is 0.140. The van der Waals surface area contributed by atoms with Crippen molar-refractivity contribution in [1.82, 2.24) is 0 Å². The number of hydrogen-bond acceptors (Lipinski definition) is 4. The van der Waals surface area contributed by atoms with Crippen LogP contribution in [0.1, 0.15) is 6.42 Å². The van der Waals surface area contributed by atoms with Gasteiger partial charge in [-0.15, -0.1) is 0 Å². The SMILES string of the molecule is COC(=O)[C@@H]1[C@@H]2C[C@H]([C@H](Br)[C@@H]2Br)[C@@H]1C(=O)OC. The first-order valence-electron chi connectivity index (χ1n) is 5.46. The van der Waals surface area contributed by atoms with E-state index >= 15 is 0 Å². The van der Waals surface area contributed by atoms with Crippen LogP contribution in [0.4, 0.5) is 0 Å². The van der Waals surface area contributed by atoms with Crippen LogP contribution < -0.4 is 0 Å². The number of ether oxygens (including phenoxy) is 2. The molecule has 0 amide bonds. The maximum Gasteiger partial charge on any atom is 0.309 e. The smallest absolute Gasteiger partial charge is 0.309 e. The Bertz CT molecular complexity index is 314. The van der Waals surface area contributed by atoms with E-state index in [1.807, 2.05) is 0 Å². The lowest BCUT2D eigenvalue weighted by molar-refractivity contribution is -0.159. The molecule has 0 spiro atoms. The summed E-state index contributed by atoms with van der Waals surface area (Å²) >= 11 is 7.18. The lowest BCUT2D eigenvalue weighted by Gasteiger charge is -2.33. The maximum atomic E-state index is 11.8. The van der Waals surface area contributed by atoms with Gasteiger partial charge in [-0.1, -0.05) is 31.9 Å². The Balaban J connectivity index is 2.29. The lowest BCUT2D eigenvalue weighted by atomic mass is 9.79. The van der Waals surface area contributed by atoms with Crippen molar-refractivity contribution >= 4 is 43.8 Å². The van der Waals surface area contributed by atoms with E-state index in [4.69, 9.17) is 9.47 Å². The molecule has 2 bridgehead atoms. The highest BCUT2D eigenvalue weighted by molar-refractivity contribution is 9.12. The van der Waals surface area contributed by atoms with Crippen LogP contribution in [0.5, 0.6) is 0 Å². The van der Waals surface area contributed by atoms with Gasteiger partial charge in [-0.2, -0.15) is 0 Å². The molecule has 2 rings (SSSR count). The molecular formula is C11H14Br2O4. The van der Waals surface area contributed by atoms with Gasteiger partial charge < -0.3 is 9.47 Å². The van der Waals surface area contributed by atoms with Gasteiger partial charge in [0, 0.05) is 9.65 Å². The molecule has 0 aromatic carbocycles. The van der Waals surface area contributed by atoms with Gasteiger partial charge >= 0.3 is 11.9 Å². The molecular weight excluding hydrogens is 356 g/mol. The highest BCUT2D eigenvalue weighted by atomic mass is 79.9. The molecule has 4 nitrogen and oxygen atoms in total. The fraction of sp³-hybridized carbons (Fsp3) is 0.818. The minimum Gasteiger partial charge on any atom is -0.469 e. The van der Waals surface area contributed by atoms with Gasteiger partial charge in [0.15, 0.2) is 0 Å². The highest BCUT2D eigenvalue weighted by Crippen LogP contribution is 2.57. The van der Waals surface area contributed by atoms with Crippen LogP contribution in [0.2, 0.25) is 0 Å². The standard InChI is InChI=1S/C11H14Br2O4/c1-16-10(14)6-4-3-5(9(13)8(4)12)7(6)11(15)17-2/h4-9H,3H2,1-2H3/t4-,5-,6-,7+,8-,9+/m0/s1. The van der Waals surface area contributed by atoms with Gasteiger partial charge in [-0.3, -0.25) is 9.59 Å². The summed E-state index contributed by atoms with van der Waals surface area (Å²) in [4.78, 5) is 24.1. The van der Waals surface area contributed by atoms with Gasteiger partial charge in [-0.25, -0.2) is 0 Å². The maximum absolute atomic E-state index is 11.8. The van der Waals surface area contributed by atoms with Crippen molar-refractivity contribution in [2.45, 2.75) is 16.1 Å². The summed E-state index contributed by atoms with van der Waals surface area (Å²) in [5.41, 5.74) is 0. The zero-order chi connectivity index (χ0) is 12.7. The monoisotopic (exact) mass is 368 g/mol. The molecule has 2 fully saturated rings. The van der Waals surface area contributed by atoms with E-state index in [1.54, 1.807) is 0 Å². The topological polar surface area (TPSA) is 52.6 Å². The number of fused-ring (bicyclic) bond motifs is 2. The molecule has 6 heteroatoms. The van der Waals surface area contributed by atoms with Crippen LogP contribution >= 0.6 is 31.9 Å². The Hall–Kier alpha value is -0.100. The second-order valence-electron chi connectivity index (χ2n) is 4.55. The van der Waals surface area contributed by atoms with Crippen molar-refractivity contribution in [2.24, 2.45) is 23.7 Å². The summed E-state index contributed by atoms with van der Waals surface area (Å²) in [5.74, 6) is -1.10. The number of carbonyl (C=O) groups excluding carboxylic acids is 2. The molecule has 2 aliphatic carbocycles. The first-order valence-corrected chi connectivity index (χ1v) is 7.29. The predicted molar refractivity (Wildman–Crippen MR) is 68.0 cm³/mol. The number of carbonyl (C=O) groups is 2. The third-order valence-electron chi connectivity index (χ3n) is 3.92. The molecule has 96 valence electrons. The average molecular weight is 370 g/mol. The lowest BCUT2D eigenvalue weighted by Crippen LogP contribution is -2.44. The van der Waals surface area contributed by atoms with Crippen molar-refractivity contribution in [1.29, 1.82) is 0 Å². The third kappa shape index (κ3) is 1.93. The van der Waals surface area contributed by atoms with Crippen molar-refractivity contribution in [3.63, 3.8) is 0 Å². The van der Waals surface area contributed by atoms with E-state index in [1.165, 1.54) is 14.2 Å². The molecule has 0 aromatic heterocycles. The molecule has 2 aliphatic rings. The van der Waals surface area contributed by atoms with E-state index in [2.05, 4.69) is 31.9 Å². The zero-order valence-electron chi connectivity index (χ0n) is 9.56. The molecule has 0 radical (unpaired) electrons. The second kappa shape index (κ2) is 4.88. The Kier molecular flexibility index (Phi) is 3.83. The van der Waals surface area contributed by atoms with Crippen LogP contribution in [0.3, 0.4) is 0 Å². The molecule has 2 saturated carbocycles. The van der Waals surface area contributed by atoms with Gasteiger partial charge in [0.2, 0.25) is 0 Å². The van der Waals surface area contributed by atoms with Gasteiger partial charge in [0.25, 0.3) is 0 Å². The summed E-state index contributed by atoms with van der Waals surface area (Å²) < 4.78 is 9.62. The Morgan fingerprint density at radius 2 is 1.29 bits per heavy atom.